The summed E-state index contributed by atoms with van der Waals surface area (Å²) in [5.74, 6) is 4.80. The van der Waals surface area contributed by atoms with Gasteiger partial charge in [-0.15, -0.1) is 0 Å². The molecule has 182 valence electrons. The Balaban J connectivity index is 1.19. The van der Waals surface area contributed by atoms with Gasteiger partial charge in [-0.3, -0.25) is 0 Å². The zero-order chi connectivity index (χ0) is 23.3. The van der Waals surface area contributed by atoms with Gasteiger partial charge in [0, 0.05) is 6.04 Å². The second kappa shape index (κ2) is 9.01. The van der Waals surface area contributed by atoms with E-state index in [1.165, 1.54) is 88.4 Å². The van der Waals surface area contributed by atoms with Gasteiger partial charge >= 0.3 is 0 Å². The summed E-state index contributed by atoms with van der Waals surface area (Å²) in [5, 5.41) is 0. The van der Waals surface area contributed by atoms with Crippen LogP contribution in [0, 0.1) is 35.0 Å². The highest BCUT2D eigenvalue weighted by molar-refractivity contribution is 5.77. The van der Waals surface area contributed by atoms with Crippen LogP contribution in [0.15, 0.2) is 37.1 Å². The summed E-state index contributed by atoms with van der Waals surface area (Å²) in [7, 11) is 0. The van der Waals surface area contributed by atoms with Crippen LogP contribution in [0.4, 0.5) is 0 Å². The molecule has 6 rings (SSSR count). The van der Waals surface area contributed by atoms with Crippen molar-refractivity contribution < 1.29 is 0 Å². The Labute approximate surface area is 207 Å². The maximum atomic E-state index is 5.67. The molecule has 1 aromatic rings. The van der Waals surface area contributed by atoms with Crippen LogP contribution in [0.25, 0.3) is 17.7 Å². The third-order valence-electron chi connectivity index (χ3n) is 11.1. The molecule has 3 saturated carbocycles. The molecule has 2 N–H and O–H groups in total. The average molecular weight is 457 g/mol. The predicted molar refractivity (Wildman–Crippen MR) is 145 cm³/mol. The Kier molecular flexibility index (Phi) is 6.00. The van der Waals surface area contributed by atoms with Gasteiger partial charge in [-0.25, -0.2) is 0 Å². The van der Waals surface area contributed by atoms with Crippen molar-refractivity contribution in [1.29, 1.82) is 0 Å². The van der Waals surface area contributed by atoms with Gasteiger partial charge in [-0.05, 0) is 153 Å². The maximum absolute atomic E-state index is 5.67. The minimum absolute atomic E-state index is 0.338. The Hall–Kier alpha value is -1.80. The van der Waals surface area contributed by atoms with Crippen LogP contribution in [-0.2, 0) is 0 Å². The first kappa shape index (κ1) is 22.7. The summed E-state index contributed by atoms with van der Waals surface area (Å²) in [5.41, 5.74) is 11.4. The molecule has 1 unspecified atom stereocenters. The lowest BCUT2D eigenvalue weighted by Crippen LogP contribution is -2.50. The fraction of sp³-hybridized carbons (Fsp3) is 0.625. The quantitative estimate of drug-likeness (QED) is 0.512. The standard InChI is InChI=1S/C32H44N2/c1-3-22-20-25(7-6-23(22)15-17-33)30-12-13-31-29-10-8-24-21-26(34-18-4-5-19-34)9-11-27(24)28(29)14-16-32(30,31)2/h3,6-7,12,15,17,20,24,26-29,31H,1,4-5,8-11,13-14,16,18-19,21,33H2,2H3/b17-15-/t24-,26-,27-,28+,29+,31-,32?/m0/s1. The number of fused-ring (bicyclic) bond motifs is 5. The number of hydrogen-bond donors (Lipinski definition) is 1. The molecule has 0 bridgehead atoms. The molecule has 5 aliphatic rings. The Bertz CT molecular complexity index is 983. The van der Waals surface area contributed by atoms with Crippen LogP contribution in [0.3, 0.4) is 0 Å². The lowest BCUT2D eigenvalue weighted by Gasteiger charge is -2.56. The van der Waals surface area contributed by atoms with E-state index in [4.69, 9.17) is 5.73 Å². The predicted octanol–water partition coefficient (Wildman–Crippen LogP) is 7.37. The third kappa shape index (κ3) is 3.63. The topological polar surface area (TPSA) is 29.3 Å². The molecular formula is C32H44N2. The molecule has 1 saturated heterocycles. The molecule has 34 heavy (non-hydrogen) atoms. The van der Waals surface area contributed by atoms with Crippen molar-refractivity contribution in [2.75, 3.05) is 13.1 Å². The monoisotopic (exact) mass is 456 g/mol. The van der Waals surface area contributed by atoms with Crippen molar-refractivity contribution in [3.63, 3.8) is 0 Å². The fourth-order valence-electron chi connectivity index (χ4n) is 9.46. The zero-order valence-corrected chi connectivity index (χ0v) is 21.2. The summed E-state index contributed by atoms with van der Waals surface area (Å²) in [4.78, 5) is 2.85. The van der Waals surface area contributed by atoms with Crippen LogP contribution in [0.1, 0.15) is 87.8 Å². The Morgan fingerprint density at radius 3 is 2.62 bits per heavy atom. The summed E-state index contributed by atoms with van der Waals surface area (Å²) < 4.78 is 0. The molecule has 4 aliphatic carbocycles. The molecule has 2 heteroatoms. The molecule has 0 radical (unpaired) electrons. The Morgan fingerprint density at radius 1 is 1.00 bits per heavy atom. The van der Waals surface area contributed by atoms with Crippen molar-refractivity contribution in [2.45, 2.75) is 77.2 Å². The van der Waals surface area contributed by atoms with Gasteiger partial charge in [0.15, 0.2) is 0 Å². The lowest BCUT2D eigenvalue weighted by atomic mass is 9.49. The molecule has 1 aliphatic heterocycles. The number of rotatable bonds is 4. The molecule has 4 fully saturated rings. The number of nitrogens with two attached hydrogens (primary N) is 1. The minimum Gasteiger partial charge on any atom is -0.405 e. The van der Waals surface area contributed by atoms with Gasteiger partial charge in [0.1, 0.15) is 0 Å². The first-order chi connectivity index (χ1) is 16.6. The maximum Gasteiger partial charge on any atom is 0.00981 e. The van der Waals surface area contributed by atoms with Gasteiger partial charge in [0.2, 0.25) is 0 Å². The summed E-state index contributed by atoms with van der Waals surface area (Å²) in [6.07, 6.45) is 22.7. The number of nitrogens with zero attached hydrogens (tertiary/aromatic N) is 1. The van der Waals surface area contributed by atoms with Crippen molar-refractivity contribution in [1.82, 2.24) is 4.90 Å². The molecular weight excluding hydrogens is 412 g/mol. The molecule has 1 heterocycles. The first-order valence-electron chi connectivity index (χ1n) is 14.2. The molecule has 7 atom stereocenters. The van der Waals surface area contributed by atoms with E-state index in [0.717, 1.165) is 41.2 Å². The first-order valence-corrected chi connectivity index (χ1v) is 14.2. The molecule has 2 nitrogen and oxygen atoms in total. The van der Waals surface area contributed by atoms with Crippen LogP contribution < -0.4 is 5.73 Å². The third-order valence-corrected chi connectivity index (χ3v) is 11.1. The average Bonchev–Trinajstić information content (AvgIpc) is 3.52. The normalized spacial score (nSPS) is 40.0. The van der Waals surface area contributed by atoms with Crippen molar-refractivity contribution in [2.24, 2.45) is 40.7 Å². The summed E-state index contributed by atoms with van der Waals surface area (Å²) in [6.45, 7) is 9.42. The van der Waals surface area contributed by atoms with Gasteiger partial charge in [0.25, 0.3) is 0 Å². The van der Waals surface area contributed by atoms with Gasteiger partial charge < -0.3 is 10.6 Å². The van der Waals surface area contributed by atoms with Crippen LogP contribution in [0.5, 0.6) is 0 Å². The van der Waals surface area contributed by atoms with Crippen molar-refractivity contribution in [3.8, 4) is 0 Å². The van der Waals surface area contributed by atoms with E-state index in [1.807, 2.05) is 12.2 Å². The van der Waals surface area contributed by atoms with E-state index in [0.29, 0.717) is 5.41 Å². The van der Waals surface area contributed by atoms with Gasteiger partial charge in [0.05, 0.1) is 0 Å². The number of hydrogen-bond acceptors (Lipinski definition) is 2. The highest BCUT2D eigenvalue weighted by atomic mass is 15.2. The Morgan fingerprint density at radius 2 is 1.82 bits per heavy atom. The SMILES string of the molecule is C=Cc1cc(C2=CC[C@H]3[C@@H]4CC[C@H]5C[C@@H](N6CCCC6)CC[C@@H]5[C@H]4CCC23C)ccc1/C=C\N. The highest BCUT2D eigenvalue weighted by Crippen LogP contribution is 2.64. The molecule has 0 amide bonds. The minimum atomic E-state index is 0.338. The van der Waals surface area contributed by atoms with E-state index < -0.39 is 0 Å². The second-order valence-corrected chi connectivity index (χ2v) is 12.4. The van der Waals surface area contributed by atoms with E-state index in [-0.39, 0.29) is 0 Å². The van der Waals surface area contributed by atoms with Gasteiger partial charge in [-0.2, -0.15) is 0 Å². The van der Waals surface area contributed by atoms with E-state index in [9.17, 15) is 0 Å². The molecule has 1 aromatic carbocycles. The lowest BCUT2D eigenvalue weighted by molar-refractivity contribution is -0.0499. The summed E-state index contributed by atoms with van der Waals surface area (Å²) >= 11 is 0. The smallest absolute Gasteiger partial charge is 0.00981 e. The molecule has 0 spiro atoms. The van der Waals surface area contributed by atoms with E-state index >= 15 is 0 Å². The molecule has 0 aromatic heterocycles. The highest BCUT2D eigenvalue weighted by Gasteiger charge is 2.55. The van der Waals surface area contributed by atoms with E-state index in [2.05, 4.69) is 42.7 Å². The number of likely N-dealkylation sites (tertiary alicyclic amines) is 1. The number of benzene rings is 1. The zero-order valence-electron chi connectivity index (χ0n) is 21.2. The summed E-state index contributed by atoms with van der Waals surface area (Å²) in [6, 6.07) is 7.81. The largest absolute Gasteiger partial charge is 0.405 e. The van der Waals surface area contributed by atoms with E-state index in [1.54, 1.807) is 11.8 Å². The van der Waals surface area contributed by atoms with Crippen LogP contribution >= 0.6 is 0 Å². The van der Waals surface area contributed by atoms with Crippen molar-refractivity contribution >= 4 is 17.7 Å². The van der Waals surface area contributed by atoms with Gasteiger partial charge in [-0.1, -0.05) is 37.8 Å². The second-order valence-electron chi connectivity index (χ2n) is 12.4. The number of allylic oxidation sites excluding steroid dienone is 2. The van der Waals surface area contributed by atoms with Crippen LogP contribution in [-0.4, -0.2) is 24.0 Å². The van der Waals surface area contributed by atoms with Crippen LogP contribution in [0.2, 0.25) is 0 Å². The van der Waals surface area contributed by atoms with Crippen molar-refractivity contribution in [3.05, 3.63) is 53.7 Å². The fourth-order valence-corrected chi connectivity index (χ4v) is 9.46.